The fourth-order valence-electron chi connectivity index (χ4n) is 2.17. The number of nitrogens with zero attached hydrogens (tertiary/aromatic N) is 2. The van der Waals surface area contributed by atoms with Gasteiger partial charge in [-0.3, -0.25) is 4.79 Å². The Bertz CT molecular complexity index is 722. The van der Waals surface area contributed by atoms with Gasteiger partial charge in [-0.25, -0.2) is 9.97 Å². The molecule has 3 nitrogen and oxygen atoms in total. The molecular formula is C18H14N2O. The Hall–Kier alpha value is -2.81. The van der Waals surface area contributed by atoms with E-state index in [1.807, 2.05) is 54.6 Å². The molecule has 0 aliphatic rings. The zero-order chi connectivity index (χ0) is 14.5. The molecule has 102 valence electrons. The lowest BCUT2D eigenvalue weighted by Crippen LogP contribution is -2.02. The highest BCUT2D eigenvalue weighted by atomic mass is 16.1. The molecule has 1 aromatic heterocycles. The van der Waals surface area contributed by atoms with Gasteiger partial charge in [-0.1, -0.05) is 54.6 Å². The van der Waals surface area contributed by atoms with Gasteiger partial charge in [0.2, 0.25) is 0 Å². The zero-order valence-electron chi connectivity index (χ0n) is 11.4. The van der Waals surface area contributed by atoms with Crippen LogP contribution in [0.3, 0.4) is 0 Å². The van der Waals surface area contributed by atoms with Crippen molar-refractivity contribution in [3.05, 3.63) is 84.4 Å². The molecule has 1 heterocycles. The van der Waals surface area contributed by atoms with Crippen LogP contribution in [0.15, 0.2) is 73.3 Å². The first-order valence-electron chi connectivity index (χ1n) is 6.75. The standard InChI is InChI=1S/C18H14N2O/c21-18(16-4-2-1-3-5-16)10-14-6-8-15(9-7-14)17-11-19-13-20-12-17/h1-9,11-13H,10H2. The van der Waals surface area contributed by atoms with E-state index in [1.165, 1.54) is 6.33 Å². The molecule has 0 spiro atoms. The fourth-order valence-corrected chi connectivity index (χ4v) is 2.17. The largest absolute Gasteiger partial charge is 0.294 e. The molecule has 0 aliphatic carbocycles. The van der Waals surface area contributed by atoms with Gasteiger partial charge in [-0.2, -0.15) is 0 Å². The summed E-state index contributed by atoms with van der Waals surface area (Å²) in [6, 6.07) is 17.3. The molecule has 21 heavy (non-hydrogen) atoms. The van der Waals surface area contributed by atoms with E-state index < -0.39 is 0 Å². The molecule has 0 aliphatic heterocycles. The van der Waals surface area contributed by atoms with Crippen LogP contribution >= 0.6 is 0 Å². The lowest BCUT2D eigenvalue weighted by molar-refractivity contribution is 0.0993. The number of Topliss-reactive ketones (excluding diaryl/α,β-unsaturated/α-hetero) is 1. The van der Waals surface area contributed by atoms with Crippen LogP contribution in [-0.4, -0.2) is 15.8 Å². The Labute approximate surface area is 123 Å². The van der Waals surface area contributed by atoms with Gasteiger partial charge in [-0.15, -0.1) is 0 Å². The predicted molar refractivity (Wildman–Crippen MR) is 81.9 cm³/mol. The first-order valence-corrected chi connectivity index (χ1v) is 6.75. The molecule has 0 N–H and O–H groups in total. The number of hydrogen-bond donors (Lipinski definition) is 0. The molecule has 0 saturated heterocycles. The maximum absolute atomic E-state index is 12.1. The van der Waals surface area contributed by atoms with E-state index in [1.54, 1.807) is 12.4 Å². The van der Waals surface area contributed by atoms with Crippen LogP contribution in [-0.2, 0) is 6.42 Å². The van der Waals surface area contributed by atoms with Crippen molar-refractivity contribution < 1.29 is 4.79 Å². The van der Waals surface area contributed by atoms with Crippen LogP contribution < -0.4 is 0 Å². The van der Waals surface area contributed by atoms with Gasteiger partial charge in [-0.05, 0) is 11.1 Å². The van der Waals surface area contributed by atoms with Crippen molar-refractivity contribution in [2.45, 2.75) is 6.42 Å². The third-order valence-electron chi connectivity index (χ3n) is 3.31. The summed E-state index contributed by atoms with van der Waals surface area (Å²) >= 11 is 0. The molecule has 0 saturated carbocycles. The van der Waals surface area contributed by atoms with Crippen LogP contribution in [0.5, 0.6) is 0 Å². The van der Waals surface area contributed by atoms with Crippen LogP contribution in [0.4, 0.5) is 0 Å². The molecule has 0 atom stereocenters. The van der Waals surface area contributed by atoms with Gasteiger partial charge in [0.15, 0.2) is 5.78 Å². The summed E-state index contributed by atoms with van der Waals surface area (Å²) < 4.78 is 0. The number of ketones is 1. The van der Waals surface area contributed by atoms with Crippen molar-refractivity contribution in [3.63, 3.8) is 0 Å². The Balaban J connectivity index is 1.75. The number of hydrogen-bond acceptors (Lipinski definition) is 3. The van der Waals surface area contributed by atoms with Crippen LogP contribution in [0.25, 0.3) is 11.1 Å². The summed E-state index contributed by atoms with van der Waals surface area (Å²) in [5.41, 5.74) is 3.77. The number of carbonyl (C=O) groups is 1. The summed E-state index contributed by atoms with van der Waals surface area (Å²) in [6.07, 6.45) is 5.47. The van der Waals surface area contributed by atoms with Gasteiger partial charge in [0.05, 0.1) is 0 Å². The quantitative estimate of drug-likeness (QED) is 0.683. The third-order valence-corrected chi connectivity index (χ3v) is 3.31. The van der Waals surface area contributed by atoms with Crippen molar-refractivity contribution in [3.8, 4) is 11.1 Å². The molecule has 0 bridgehead atoms. The van der Waals surface area contributed by atoms with E-state index in [4.69, 9.17) is 0 Å². The lowest BCUT2D eigenvalue weighted by Gasteiger charge is -2.04. The van der Waals surface area contributed by atoms with Gasteiger partial charge < -0.3 is 0 Å². The highest BCUT2D eigenvalue weighted by Gasteiger charge is 2.06. The average Bonchev–Trinajstić information content (AvgIpc) is 2.57. The number of rotatable bonds is 4. The van der Waals surface area contributed by atoms with Crippen molar-refractivity contribution in [1.82, 2.24) is 9.97 Å². The lowest BCUT2D eigenvalue weighted by atomic mass is 10.0. The topological polar surface area (TPSA) is 42.9 Å². The number of aromatic nitrogens is 2. The van der Waals surface area contributed by atoms with Crippen molar-refractivity contribution >= 4 is 5.78 Å². The maximum Gasteiger partial charge on any atom is 0.167 e. The van der Waals surface area contributed by atoms with E-state index in [0.717, 1.165) is 22.3 Å². The average molecular weight is 274 g/mol. The van der Waals surface area contributed by atoms with Gasteiger partial charge in [0.25, 0.3) is 0 Å². The highest BCUT2D eigenvalue weighted by Crippen LogP contribution is 2.18. The first-order chi connectivity index (χ1) is 10.3. The normalized spacial score (nSPS) is 10.3. The van der Waals surface area contributed by atoms with Gasteiger partial charge >= 0.3 is 0 Å². The van der Waals surface area contributed by atoms with Crippen molar-refractivity contribution in [2.24, 2.45) is 0 Å². The predicted octanol–water partition coefficient (Wildman–Crippen LogP) is 3.57. The summed E-state index contributed by atoms with van der Waals surface area (Å²) in [7, 11) is 0. The highest BCUT2D eigenvalue weighted by molar-refractivity contribution is 5.97. The summed E-state index contributed by atoms with van der Waals surface area (Å²) in [5.74, 6) is 0.131. The van der Waals surface area contributed by atoms with E-state index >= 15 is 0 Å². The van der Waals surface area contributed by atoms with Crippen LogP contribution in [0.2, 0.25) is 0 Å². The second-order valence-corrected chi connectivity index (χ2v) is 4.79. The third kappa shape index (κ3) is 3.20. The Kier molecular flexibility index (Phi) is 3.83. The Morgan fingerprint density at radius 1 is 0.810 bits per heavy atom. The monoisotopic (exact) mass is 274 g/mol. The Morgan fingerprint density at radius 3 is 2.14 bits per heavy atom. The van der Waals surface area contributed by atoms with Crippen LogP contribution in [0, 0.1) is 0 Å². The number of carbonyl (C=O) groups excluding carboxylic acids is 1. The molecule has 3 aromatic rings. The summed E-state index contributed by atoms with van der Waals surface area (Å²) in [6.45, 7) is 0. The molecule has 0 fully saturated rings. The fraction of sp³-hybridized carbons (Fsp3) is 0.0556. The maximum atomic E-state index is 12.1. The van der Waals surface area contributed by atoms with E-state index in [-0.39, 0.29) is 5.78 Å². The van der Waals surface area contributed by atoms with Crippen LogP contribution in [0.1, 0.15) is 15.9 Å². The minimum Gasteiger partial charge on any atom is -0.294 e. The van der Waals surface area contributed by atoms with Crippen molar-refractivity contribution in [2.75, 3.05) is 0 Å². The minimum absolute atomic E-state index is 0.131. The zero-order valence-corrected chi connectivity index (χ0v) is 11.4. The smallest absolute Gasteiger partial charge is 0.167 e. The van der Waals surface area contributed by atoms with E-state index in [0.29, 0.717) is 6.42 Å². The van der Waals surface area contributed by atoms with E-state index in [9.17, 15) is 4.79 Å². The first kappa shape index (κ1) is 13.2. The number of benzene rings is 2. The second-order valence-electron chi connectivity index (χ2n) is 4.79. The van der Waals surface area contributed by atoms with Gasteiger partial charge in [0, 0.05) is 29.9 Å². The second kappa shape index (κ2) is 6.09. The molecule has 0 amide bonds. The minimum atomic E-state index is 0.131. The van der Waals surface area contributed by atoms with E-state index in [2.05, 4.69) is 9.97 Å². The molecular weight excluding hydrogens is 260 g/mol. The Morgan fingerprint density at radius 2 is 1.48 bits per heavy atom. The molecule has 0 radical (unpaired) electrons. The summed E-state index contributed by atoms with van der Waals surface area (Å²) in [4.78, 5) is 20.2. The molecule has 0 unspecified atom stereocenters. The SMILES string of the molecule is O=C(Cc1ccc(-c2cncnc2)cc1)c1ccccc1. The molecule has 2 aromatic carbocycles. The van der Waals surface area contributed by atoms with Crippen molar-refractivity contribution in [1.29, 1.82) is 0 Å². The molecule has 3 rings (SSSR count). The molecule has 3 heteroatoms. The van der Waals surface area contributed by atoms with Gasteiger partial charge in [0.1, 0.15) is 6.33 Å². The summed E-state index contributed by atoms with van der Waals surface area (Å²) in [5, 5.41) is 0.